The molecule has 2 N–H and O–H groups in total. The first-order chi connectivity index (χ1) is 11.1. The minimum atomic E-state index is -4.45. The fraction of sp³-hybridized carbons (Fsp3) is 0.625. The molecule has 0 bridgehead atoms. The van der Waals surface area contributed by atoms with Gasteiger partial charge in [0.15, 0.2) is 0 Å². The molecule has 0 radical (unpaired) electrons. The smallest absolute Gasteiger partial charge is 0.382 e. The number of urea groups is 1. The van der Waals surface area contributed by atoms with Gasteiger partial charge >= 0.3 is 12.2 Å². The topological polar surface area (TPSA) is 57.3 Å². The van der Waals surface area contributed by atoms with Crippen LogP contribution in [-0.2, 0) is 6.18 Å². The lowest BCUT2D eigenvalue weighted by Crippen LogP contribution is -2.44. The summed E-state index contributed by atoms with van der Waals surface area (Å²) in [6.07, 6.45) is -1.26. The Bertz CT molecular complexity index is 581. The van der Waals surface area contributed by atoms with E-state index in [0.717, 1.165) is 31.7 Å². The number of aryl methyl sites for hydroxylation is 1. The van der Waals surface area contributed by atoms with Crippen LogP contribution in [0.4, 0.5) is 23.7 Å². The molecule has 0 saturated heterocycles. The van der Waals surface area contributed by atoms with Gasteiger partial charge in [-0.25, -0.2) is 9.78 Å². The van der Waals surface area contributed by atoms with Crippen molar-refractivity contribution >= 4 is 11.7 Å². The van der Waals surface area contributed by atoms with Crippen molar-refractivity contribution in [3.8, 4) is 0 Å². The number of carbonyl (C=O) groups excluding carboxylic acids is 1. The zero-order valence-corrected chi connectivity index (χ0v) is 14.1. The summed E-state index contributed by atoms with van der Waals surface area (Å²) in [6, 6.07) is 2.76. The van der Waals surface area contributed by atoms with Gasteiger partial charge in [0, 0.05) is 37.6 Å². The summed E-state index contributed by atoms with van der Waals surface area (Å²) in [7, 11) is 3.37. The number of nitrogens with zero attached hydrogens (tertiary/aromatic N) is 2. The number of rotatable bonds is 3. The first-order valence-electron chi connectivity index (χ1n) is 7.95. The number of carbonyl (C=O) groups is 1. The lowest BCUT2D eigenvalue weighted by atomic mass is 9.91. The average Bonchev–Trinajstić information content (AvgIpc) is 2.47. The Morgan fingerprint density at radius 1 is 1.17 bits per heavy atom. The minimum absolute atomic E-state index is 0.0976. The first kappa shape index (κ1) is 18.4. The van der Waals surface area contributed by atoms with Gasteiger partial charge in [0.25, 0.3) is 0 Å². The predicted molar refractivity (Wildman–Crippen MR) is 85.9 cm³/mol. The standard InChI is InChI=1S/C16H23F3N4O/c1-10-8-13(9-14(20-10)16(17,18)19)21-11-4-6-12(7-5-11)22-15(24)23(2)3/h8-9,11-12H,4-7H2,1-3H3,(H,20,21)(H,22,24)/t11-,12+. The monoisotopic (exact) mass is 344 g/mol. The molecule has 24 heavy (non-hydrogen) atoms. The number of alkyl halides is 3. The Labute approximate surface area is 139 Å². The van der Waals surface area contributed by atoms with Crippen LogP contribution in [0.5, 0.6) is 0 Å². The highest BCUT2D eigenvalue weighted by Crippen LogP contribution is 2.30. The van der Waals surface area contributed by atoms with Crippen LogP contribution in [-0.4, -0.2) is 42.1 Å². The third-order valence-corrected chi connectivity index (χ3v) is 4.08. The maximum Gasteiger partial charge on any atom is 0.433 e. The van der Waals surface area contributed by atoms with Crippen LogP contribution in [0, 0.1) is 6.92 Å². The zero-order chi connectivity index (χ0) is 17.9. The zero-order valence-electron chi connectivity index (χ0n) is 14.1. The van der Waals surface area contributed by atoms with Gasteiger partial charge in [-0.1, -0.05) is 0 Å². The van der Waals surface area contributed by atoms with Gasteiger partial charge in [-0.15, -0.1) is 0 Å². The fourth-order valence-corrected chi connectivity index (χ4v) is 2.82. The van der Waals surface area contributed by atoms with Crippen molar-refractivity contribution in [2.75, 3.05) is 19.4 Å². The van der Waals surface area contributed by atoms with Crippen LogP contribution in [0.25, 0.3) is 0 Å². The SMILES string of the molecule is Cc1cc(N[C@H]2CC[C@@H](NC(=O)N(C)C)CC2)cc(C(F)(F)F)n1. The molecule has 2 amide bonds. The number of aromatic nitrogens is 1. The number of nitrogens with one attached hydrogen (secondary N) is 2. The van der Waals surface area contributed by atoms with E-state index < -0.39 is 11.9 Å². The maximum atomic E-state index is 12.8. The summed E-state index contributed by atoms with van der Waals surface area (Å²) in [4.78, 5) is 16.7. The van der Waals surface area contributed by atoms with Gasteiger partial charge in [0.2, 0.25) is 0 Å². The van der Waals surface area contributed by atoms with Crippen LogP contribution in [0.1, 0.15) is 37.1 Å². The van der Waals surface area contributed by atoms with Crippen molar-refractivity contribution in [3.63, 3.8) is 0 Å². The fourth-order valence-electron chi connectivity index (χ4n) is 2.82. The van der Waals surface area contributed by atoms with Gasteiger partial charge in [0.05, 0.1) is 0 Å². The van der Waals surface area contributed by atoms with Crippen molar-refractivity contribution in [3.05, 3.63) is 23.5 Å². The molecule has 1 aromatic rings. The Morgan fingerprint density at radius 3 is 2.29 bits per heavy atom. The molecule has 0 aromatic carbocycles. The summed E-state index contributed by atoms with van der Waals surface area (Å²) in [6.45, 7) is 1.55. The molecule has 2 rings (SSSR count). The summed E-state index contributed by atoms with van der Waals surface area (Å²) < 4.78 is 38.5. The second-order valence-electron chi connectivity index (χ2n) is 6.42. The molecule has 134 valence electrons. The van der Waals surface area contributed by atoms with E-state index in [1.54, 1.807) is 27.1 Å². The van der Waals surface area contributed by atoms with Gasteiger partial charge < -0.3 is 15.5 Å². The quantitative estimate of drug-likeness (QED) is 0.884. The molecule has 8 heteroatoms. The number of anilines is 1. The minimum Gasteiger partial charge on any atom is -0.382 e. The summed E-state index contributed by atoms with van der Waals surface area (Å²) in [5, 5.41) is 6.11. The molecule has 1 saturated carbocycles. The summed E-state index contributed by atoms with van der Waals surface area (Å²) in [5.74, 6) is 0. The maximum absolute atomic E-state index is 12.8. The molecule has 0 aliphatic heterocycles. The number of hydrogen-bond acceptors (Lipinski definition) is 3. The van der Waals surface area contributed by atoms with Crippen LogP contribution in [0.15, 0.2) is 12.1 Å². The van der Waals surface area contributed by atoms with Gasteiger partial charge in [-0.2, -0.15) is 13.2 Å². The van der Waals surface area contributed by atoms with E-state index >= 15 is 0 Å². The number of halogens is 3. The summed E-state index contributed by atoms with van der Waals surface area (Å²) >= 11 is 0. The van der Waals surface area contributed by atoms with E-state index in [2.05, 4.69) is 15.6 Å². The average molecular weight is 344 g/mol. The van der Waals surface area contributed by atoms with Crippen molar-refractivity contribution in [2.24, 2.45) is 0 Å². The Hall–Kier alpha value is -1.99. The van der Waals surface area contributed by atoms with E-state index in [1.165, 1.54) is 4.90 Å². The molecule has 1 aliphatic rings. The van der Waals surface area contributed by atoms with Crippen molar-refractivity contribution in [1.82, 2.24) is 15.2 Å². The van der Waals surface area contributed by atoms with Crippen LogP contribution < -0.4 is 10.6 Å². The molecule has 0 unspecified atom stereocenters. The number of hydrogen-bond donors (Lipinski definition) is 2. The Kier molecular flexibility index (Phi) is 5.56. The van der Waals surface area contributed by atoms with E-state index in [9.17, 15) is 18.0 Å². The summed E-state index contributed by atoms with van der Waals surface area (Å²) in [5.41, 5.74) is -0.105. The number of pyridine rings is 1. The second kappa shape index (κ2) is 7.27. The van der Waals surface area contributed by atoms with E-state index in [0.29, 0.717) is 11.4 Å². The van der Waals surface area contributed by atoms with Crippen LogP contribution >= 0.6 is 0 Å². The lowest BCUT2D eigenvalue weighted by Gasteiger charge is -2.31. The van der Waals surface area contributed by atoms with Gasteiger partial charge in [-0.05, 0) is 44.7 Å². The predicted octanol–water partition coefficient (Wildman–Crippen LogP) is 3.40. The van der Waals surface area contributed by atoms with Crippen LogP contribution in [0.3, 0.4) is 0 Å². The van der Waals surface area contributed by atoms with Crippen LogP contribution in [0.2, 0.25) is 0 Å². The molecule has 1 aromatic heterocycles. The highest BCUT2D eigenvalue weighted by atomic mass is 19.4. The van der Waals surface area contributed by atoms with Crippen molar-refractivity contribution < 1.29 is 18.0 Å². The van der Waals surface area contributed by atoms with Crippen molar-refractivity contribution in [1.29, 1.82) is 0 Å². The molecule has 1 heterocycles. The first-order valence-corrected chi connectivity index (χ1v) is 7.95. The molecule has 5 nitrogen and oxygen atoms in total. The molecule has 1 fully saturated rings. The number of amides is 2. The highest BCUT2D eigenvalue weighted by Gasteiger charge is 2.33. The third kappa shape index (κ3) is 5.01. The van der Waals surface area contributed by atoms with E-state index in [1.807, 2.05) is 0 Å². The molecule has 0 spiro atoms. The molecule has 1 aliphatic carbocycles. The normalized spacial score (nSPS) is 21.2. The highest BCUT2D eigenvalue weighted by molar-refractivity contribution is 5.73. The van der Waals surface area contributed by atoms with E-state index in [-0.39, 0.29) is 18.1 Å². The van der Waals surface area contributed by atoms with Gasteiger partial charge in [-0.3, -0.25) is 0 Å². The Balaban J connectivity index is 1.92. The lowest BCUT2D eigenvalue weighted by molar-refractivity contribution is -0.141. The molecular formula is C16H23F3N4O. The molecular weight excluding hydrogens is 321 g/mol. The van der Waals surface area contributed by atoms with Crippen molar-refractivity contribution in [2.45, 2.75) is 50.9 Å². The Morgan fingerprint density at radius 2 is 1.75 bits per heavy atom. The third-order valence-electron chi connectivity index (χ3n) is 4.08. The largest absolute Gasteiger partial charge is 0.433 e. The second-order valence-corrected chi connectivity index (χ2v) is 6.42. The van der Waals surface area contributed by atoms with E-state index in [4.69, 9.17) is 0 Å². The van der Waals surface area contributed by atoms with Gasteiger partial charge in [0.1, 0.15) is 5.69 Å². The molecule has 0 atom stereocenters.